The number of nitrogens with zero attached hydrogens (tertiary/aromatic N) is 2. The van der Waals surface area contributed by atoms with Crippen molar-refractivity contribution in [3.8, 4) is 17.2 Å². The van der Waals surface area contributed by atoms with Gasteiger partial charge in [-0.3, -0.25) is 14.5 Å². The van der Waals surface area contributed by atoms with Gasteiger partial charge in [0.25, 0.3) is 5.78 Å². The molecule has 0 radical (unpaired) electrons. The summed E-state index contributed by atoms with van der Waals surface area (Å²) in [6, 6.07) is 17.4. The van der Waals surface area contributed by atoms with E-state index in [9.17, 15) is 19.8 Å². The minimum absolute atomic E-state index is 0.0780. The van der Waals surface area contributed by atoms with E-state index >= 15 is 0 Å². The summed E-state index contributed by atoms with van der Waals surface area (Å²) in [5, 5.41) is 21.6. The zero-order valence-electron chi connectivity index (χ0n) is 18.8. The van der Waals surface area contributed by atoms with Crippen LogP contribution in [0, 0.1) is 0 Å². The standard InChI is InChI=1S/C26H20N2O6S/c1-33-16-9-10-17-20(13-16)35-26(27-17)28-22(15-8-11-18(29)19(12-15)34-2)21(24(31)25(28)32)23(30)14-6-4-3-5-7-14/h3-13,22,29-30H,1-2H3. The van der Waals surface area contributed by atoms with Gasteiger partial charge in [-0.2, -0.15) is 0 Å². The van der Waals surface area contributed by atoms with Crippen molar-refractivity contribution < 1.29 is 29.3 Å². The quantitative estimate of drug-likeness (QED) is 0.239. The summed E-state index contributed by atoms with van der Waals surface area (Å²) >= 11 is 1.23. The molecule has 2 heterocycles. The molecule has 1 aliphatic heterocycles. The summed E-state index contributed by atoms with van der Waals surface area (Å²) in [7, 11) is 2.96. The van der Waals surface area contributed by atoms with Gasteiger partial charge in [0.2, 0.25) is 0 Å². The van der Waals surface area contributed by atoms with Gasteiger partial charge in [-0.05, 0) is 35.9 Å². The fourth-order valence-electron chi connectivity index (χ4n) is 4.08. The molecule has 0 spiro atoms. The summed E-state index contributed by atoms with van der Waals surface area (Å²) < 4.78 is 11.3. The van der Waals surface area contributed by atoms with Gasteiger partial charge in [0.15, 0.2) is 16.6 Å². The first-order chi connectivity index (χ1) is 16.9. The Bertz CT molecular complexity index is 1490. The molecule has 1 fully saturated rings. The molecule has 1 aliphatic rings. The van der Waals surface area contributed by atoms with Gasteiger partial charge in [0, 0.05) is 5.56 Å². The summed E-state index contributed by atoms with van der Waals surface area (Å²) in [5.74, 6) is -1.24. The van der Waals surface area contributed by atoms with E-state index in [1.807, 2.05) is 0 Å². The van der Waals surface area contributed by atoms with Crippen molar-refractivity contribution in [1.29, 1.82) is 0 Å². The molecule has 2 N–H and O–H groups in total. The average Bonchev–Trinajstić information content (AvgIpc) is 3.42. The molecule has 4 aromatic rings. The number of hydrogen-bond acceptors (Lipinski definition) is 8. The lowest BCUT2D eigenvalue weighted by Gasteiger charge is -2.23. The van der Waals surface area contributed by atoms with Crippen molar-refractivity contribution in [2.75, 3.05) is 19.1 Å². The first kappa shape index (κ1) is 22.4. The first-order valence-corrected chi connectivity index (χ1v) is 11.4. The molecule has 176 valence electrons. The monoisotopic (exact) mass is 488 g/mol. The Balaban J connectivity index is 1.74. The van der Waals surface area contributed by atoms with Crippen LogP contribution in [0.15, 0.2) is 72.3 Å². The number of ketones is 1. The summed E-state index contributed by atoms with van der Waals surface area (Å²) in [6.45, 7) is 0. The number of rotatable bonds is 5. The minimum atomic E-state index is -0.993. The minimum Gasteiger partial charge on any atom is -0.507 e. The fraction of sp³-hybridized carbons (Fsp3) is 0.115. The number of aliphatic hydroxyl groups is 1. The van der Waals surface area contributed by atoms with Crippen molar-refractivity contribution in [2.24, 2.45) is 0 Å². The van der Waals surface area contributed by atoms with Gasteiger partial charge >= 0.3 is 5.91 Å². The Labute approximate surface area is 204 Å². The Morgan fingerprint density at radius 2 is 1.77 bits per heavy atom. The Kier molecular flexibility index (Phi) is 5.62. The largest absolute Gasteiger partial charge is 0.507 e. The summed E-state index contributed by atoms with van der Waals surface area (Å²) in [4.78, 5) is 32.5. The number of carbonyl (C=O) groups is 2. The van der Waals surface area contributed by atoms with Crippen LogP contribution in [0.3, 0.4) is 0 Å². The third kappa shape index (κ3) is 3.75. The smallest absolute Gasteiger partial charge is 0.301 e. The molecule has 0 saturated carbocycles. The molecule has 1 amide bonds. The lowest BCUT2D eigenvalue weighted by Crippen LogP contribution is -2.29. The number of anilines is 1. The van der Waals surface area contributed by atoms with E-state index < -0.39 is 17.7 Å². The summed E-state index contributed by atoms with van der Waals surface area (Å²) in [5.41, 5.74) is 1.42. The van der Waals surface area contributed by atoms with Crippen LogP contribution in [0.4, 0.5) is 5.13 Å². The Morgan fingerprint density at radius 3 is 2.49 bits per heavy atom. The van der Waals surface area contributed by atoms with Crippen molar-refractivity contribution >= 4 is 44.1 Å². The zero-order valence-corrected chi connectivity index (χ0v) is 19.6. The van der Waals surface area contributed by atoms with Crippen LogP contribution in [-0.2, 0) is 9.59 Å². The Morgan fingerprint density at radius 1 is 1.00 bits per heavy atom. The van der Waals surface area contributed by atoms with Crippen molar-refractivity contribution in [1.82, 2.24) is 4.98 Å². The number of Topliss-reactive ketones (excluding diaryl/α,β-unsaturated/α-hetero) is 1. The number of benzene rings is 3. The molecule has 5 rings (SSSR count). The van der Waals surface area contributed by atoms with Crippen LogP contribution in [0.25, 0.3) is 16.0 Å². The zero-order chi connectivity index (χ0) is 24.7. The number of aromatic nitrogens is 1. The van der Waals surface area contributed by atoms with Gasteiger partial charge < -0.3 is 19.7 Å². The number of fused-ring (bicyclic) bond motifs is 1. The highest BCUT2D eigenvalue weighted by Crippen LogP contribution is 2.45. The van der Waals surface area contributed by atoms with Gasteiger partial charge in [-0.15, -0.1) is 0 Å². The molecule has 1 unspecified atom stereocenters. The van der Waals surface area contributed by atoms with E-state index in [-0.39, 0.29) is 22.8 Å². The number of phenolic OH excluding ortho intramolecular Hbond substituents is 1. The highest BCUT2D eigenvalue weighted by atomic mass is 32.1. The normalized spacial score (nSPS) is 17.2. The third-order valence-electron chi connectivity index (χ3n) is 5.80. The number of thiazole rings is 1. The van der Waals surface area contributed by atoms with Gasteiger partial charge in [-0.25, -0.2) is 4.98 Å². The molecule has 9 heteroatoms. The first-order valence-electron chi connectivity index (χ1n) is 10.6. The van der Waals surface area contributed by atoms with Gasteiger partial charge in [0.05, 0.1) is 36.1 Å². The van der Waals surface area contributed by atoms with Crippen LogP contribution in [0.2, 0.25) is 0 Å². The maximum Gasteiger partial charge on any atom is 0.301 e. The number of methoxy groups -OCH3 is 2. The van der Waals surface area contributed by atoms with Crippen molar-refractivity contribution in [3.05, 3.63) is 83.4 Å². The molecule has 1 atom stereocenters. The van der Waals surface area contributed by atoms with E-state index in [2.05, 4.69) is 4.98 Å². The molecule has 0 bridgehead atoms. The van der Waals surface area contributed by atoms with Crippen molar-refractivity contribution in [3.63, 3.8) is 0 Å². The maximum atomic E-state index is 13.3. The van der Waals surface area contributed by atoms with E-state index in [4.69, 9.17) is 9.47 Å². The molecule has 1 aromatic heterocycles. The second-order valence-electron chi connectivity index (χ2n) is 7.80. The number of ether oxygens (including phenoxy) is 2. The lowest BCUT2D eigenvalue weighted by atomic mass is 9.95. The van der Waals surface area contributed by atoms with Gasteiger partial charge in [-0.1, -0.05) is 47.7 Å². The van der Waals surface area contributed by atoms with Crippen LogP contribution < -0.4 is 14.4 Å². The number of aromatic hydroxyl groups is 1. The molecule has 8 nitrogen and oxygen atoms in total. The van der Waals surface area contributed by atoms with Crippen molar-refractivity contribution in [2.45, 2.75) is 6.04 Å². The highest BCUT2D eigenvalue weighted by Gasteiger charge is 2.48. The maximum absolute atomic E-state index is 13.3. The fourth-order valence-corrected chi connectivity index (χ4v) is 5.10. The molecule has 35 heavy (non-hydrogen) atoms. The molecule has 1 saturated heterocycles. The van der Waals surface area contributed by atoms with Crippen LogP contribution in [0.1, 0.15) is 17.2 Å². The predicted octanol–water partition coefficient (Wildman–Crippen LogP) is 4.65. The number of aliphatic hydroxyl groups excluding tert-OH is 1. The Hall–Kier alpha value is -4.37. The molecule has 3 aromatic carbocycles. The number of carbonyl (C=O) groups excluding carboxylic acids is 2. The number of amides is 1. The SMILES string of the molecule is COc1ccc2nc(N3C(=O)C(=O)C(=C(O)c4ccccc4)C3c3ccc(O)c(OC)c3)sc2c1. The summed E-state index contributed by atoms with van der Waals surface area (Å²) in [6.07, 6.45) is 0. The van der Waals surface area contributed by atoms with E-state index in [0.29, 0.717) is 27.5 Å². The third-order valence-corrected chi connectivity index (χ3v) is 6.82. The lowest BCUT2D eigenvalue weighted by molar-refractivity contribution is -0.132. The van der Waals surface area contributed by atoms with Crippen LogP contribution in [-0.4, -0.2) is 41.1 Å². The second kappa shape index (κ2) is 8.77. The number of phenols is 1. The second-order valence-corrected chi connectivity index (χ2v) is 8.81. The van der Waals surface area contributed by atoms with E-state index in [0.717, 1.165) is 4.70 Å². The highest BCUT2D eigenvalue weighted by molar-refractivity contribution is 7.22. The topological polar surface area (TPSA) is 109 Å². The predicted molar refractivity (Wildman–Crippen MR) is 132 cm³/mol. The van der Waals surface area contributed by atoms with Gasteiger partial charge in [0.1, 0.15) is 11.5 Å². The van der Waals surface area contributed by atoms with E-state index in [1.165, 1.54) is 35.5 Å². The molecular formula is C26H20N2O6S. The van der Waals surface area contributed by atoms with E-state index in [1.54, 1.807) is 61.7 Å². The molecular weight excluding hydrogens is 468 g/mol. The number of hydrogen-bond donors (Lipinski definition) is 2. The van der Waals surface area contributed by atoms with Crippen LogP contribution >= 0.6 is 11.3 Å². The van der Waals surface area contributed by atoms with Crippen LogP contribution in [0.5, 0.6) is 17.2 Å². The average molecular weight is 489 g/mol. The molecule has 0 aliphatic carbocycles.